The molecule has 0 saturated heterocycles. The van der Waals surface area contributed by atoms with Gasteiger partial charge in [0.05, 0.1) is 24.1 Å². The van der Waals surface area contributed by atoms with Crippen molar-refractivity contribution in [1.29, 1.82) is 0 Å². The summed E-state index contributed by atoms with van der Waals surface area (Å²) in [5.41, 5.74) is 1.98. The molecule has 0 bridgehead atoms. The van der Waals surface area contributed by atoms with E-state index in [1.54, 1.807) is 0 Å². The zero-order chi connectivity index (χ0) is 16.8. The SMILES string of the molecule is CC[C@H](C)C(=O)NCC(=O)NCc1nc2ccccc2n1CC. The number of rotatable bonds is 7. The molecule has 1 heterocycles. The number of hydrogen-bond donors (Lipinski definition) is 2. The second kappa shape index (κ2) is 7.76. The third kappa shape index (κ3) is 4.09. The Balaban J connectivity index is 1.93. The van der Waals surface area contributed by atoms with Gasteiger partial charge in [0.1, 0.15) is 5.82 Å². The molecule has 1 aromatic carbocycles. The highest BCUT2D eigenvalue weighted by atomic mass is 16.2. The van der Waals surface area contributed by atoms with Gasteiger partial charge in [0, 0.05) is 12.5 Å². The van der Waals surface area contributed by atoms with E-state index in [0.717, 1.165) is 29.8 Å². The van der Waals surface area contributed by atoms with Crippen LogP contribution >= 0.6 is 0 Å². The maximum atomic E-state index is 11.9. The van der Waals surface area contributed by atoms with Crippen molar-refractivity contribution < 1.29 is 9.59 Å². The molecule has 23 heavy (non-hydrogen) atoms. The summed E-state index contributed by atoms with van der Waals surface area (Å²) < 4.78 is 2.08. The lowest BCUT2D eigenvalue weighted by molar-refractivity contribution is -0.128. The van der Waals surface area contributed by atoms with Crippen LogP contribution in [0.5, 0.6) is 0 Å². The van der Waals surface area contributed by atoms with Crippen LogP contribution in [0.3, 0.4) is 0 Å². The molecule has 2 amide bonds. The predicted molar refractivity (Wildman–Crippen MR) is 89.7 cm³/mol. The fraction of sp³-hybridized carbons (Fsp3) is 0.471. The van der Waals surface area contributed by atoms with E-state index >= 15 is 0 Å². The summed E-state index contributed by atoms with van der Waals surface area (Å²) in [6.45, 7) is 6.97. The van der Waals surface area contributed by atoms with Gasteiger partial charge in [-0.05, 0) is 25.5 Å². The van der Waals surface area contributed by atoms with E-state index in [1.807, 2.05) is 45.0 Å². The number of carbonyl (C=O) groups is 2. The lowest BCUT2D eigenvalue weighted by Crippen LogP contribution is -2.39. The van der Waals surface area contributed by atoms with Crippen molar-refractivity contribution in [2.75, 3.05) is 6.54 Å². The molecule has 0 saturated carbocycles. The molecule has 2 rings (SSSR count). The van der Waals surface area contributed by atoms with Crippen molar-refractivity contribution in [1.82, 2.24) is 20.2 Å². The number of aryl methyl sites for hydroxylation is 1. The summed E-state index contributed by atoms with van der Waals surface area (Å²) in [5.74, 6) is 0.433. The normalized spacial score (nSPS) is 12.1. The van der Waals surface area contributed by atoms with Crippen LogP contribution in [0.2, 0.25) is 0 Å². The van der Waals surface area contributed by atoms with Gasteiger partial charge in [0.2, 0.25) is 11.8 Å². The quantitative estimate of drug-likeness (QED) is 0.818. The Morgan fingerprint density at radius 1 is 1.22 bits per heavy atom. The number of aromatic nitrogens is 2. The van der Waals surface area contributed by atoms with Gasteiger partial charge < -0.3 is 15.2 Å². The average molecular weight is 316 g/mol. The highest BCUT2D eigenvalue weighted by Crippen LogP contribution is 2.15. The Morgan fingerprint density at radius 2 is 1.96 bits per heavy atom. The molecule has 0 aliphatic rings. The van der Waals surface area contributed by atoms with E-state index in [2.05, 4.69) is 20.2 Å². The zero-order valence-corrected chi connectivity index (χ0v) is 13.9. The van der Waals surface area contributed by atoms with Crippen molar-refractivity contribution >= 4 is 22.8 Å². The number of benzene rings is 1. The second-order valence-electron chi connectivity index (χ2n) is 5.56. The van der Waals surface area contributed by atoms with Crippen LogP contribution in [0.25, 0.3) is 11.0 Å². The summed E-state index contributed by atoms with van der Waals surface area (Å²) in [4.78, 5) is 28.1. The number of imidazole rings is 1. The van der Waals surface area contributed by atoms with Crippen molar-refractivity contribution in [2.24, 2.45) is 5.92 Å². The Hall–Kier alpha value is -2.37. The van der Waals surface area contributed by atoms with Crippen LogP contribution in [0, 0.1) is 5.92 Å². The number of nitrogens with one attached hydrogen (secondary N) is 2. The molecule has 2 N–H and O–H groups in total. The number of carbonyl (C=O) groups excluding carboxylic acids is 2. The lowest BCUT2D eigenvalue weighted by Gasteiger charge is -2.10. The summed E-state index contributed by atoms with van der Waals surface area (Å²) in [6.07, 6.45) is 0.758. The number of amides is 2. The van der Waals surface area contributed by atoms with Crippen molar-refractivity contribution in [2.45, 2.75) is 40.3 Å². The molecule has 2 aromatic rings. The highest BCUT2D eigenvalue weighted by Gasteiger charge is 2.13. The van der Waals surface area contributed by atoms with E-state index in [0.29, 0.717) is 6.54 Å². The van der Waals surface area contributed by atoms with Gasteiger partial charge >= 0.3 is 0 Å². The third-order valence-electron chi connectivity index (χ3n) is 3.98. The monoisotopic (exact) mass is 316 g/mol. The van der Waals surface area contributed by atoms with Crippen LogP contribution in [-0.4, -0.2) is 27.9 Å². The Morgan fingerprint density at radius 3 is 2.65 bits per heavy atom. The molecule has 1 atom stereocenters. The van der Waals surface area contributed by atoms with E-state index in [-0.39, 0.29) is 24.3 Å². The molecule has 0 aliphatic carbocycles. The highest BCUT2D eigenvalue weighted by molar-refractivity contribution is 5.85. The van der Waals surface area contributed by atoms with Crippen LogP contribution in [-0.2, 0) is 22.7 Å². The molecule has 0 radical (unpaired) electrons. The van der Waals surface area contributed by atoms with Crippen molar-refractivity contribution in [3.8, 4) is 0 Å². The largest absolute Gasteiger partial charge is 0.347 e. The fourth-order valence-electron chi connectivity index (χ4n) is 2.38. The fourth-order valence-corrected chi connectivity index (χ4v) is 2.38. The molecule has 6 nitrogen and oxygen atoms in total. The molecular weight excluding hydrogens is 292 g/mol. The number of para-hydroxylation sites is 2. The third-order valence-corrected chi connectivity index (χ3v) is 3.98. The molecular formula is C17H24N4O2. The van der Waals surface area contributed by atoms with E-state index in [1.165, 1.54) is 0 Å². The maximum Gasteiger partial charge on any atom is 0.239 e. The zero-order valence-electron chi connectivity index (χ0n) is 13.9. The first-order valence-electron chi connectivity index (χ1n) is 8.05. The molecule has 0 unspecified atom stereocenters. The standard InChI is InChI=1S/C17H24N4O2/c1-4-12(3)17(23)19-11-16(22)18-10-15-20-13-8-6-7-9-14(13)21(15)5-2/h6-9,12H,4-5,10-11H2,1-3H3,(H,18,22)(H,19,23)/t12-/m0/s1. The summed E-state index contributed by atoms with van der Waals surface area (Å²) in [5, 5.41) is 5.46. The molecule has 0 spiro atoms. The van der Waals surface area contributed by atoms with Gasteiger partial charge in [-0.1, -0.05) is 26.0 Å². The predicted octanol–water partition coefficient (Wildman–Crippen LogP) is 1.83. The molecule has 1 aromatic heterocycles. The van der Waals surface area contributed by atoms with Crippen LogP contribution in [0.4, 0.5) is 0 Å². The van der Waals surface area contributed by atoms with Gasteiger partial charge in [-0.15, -0.1) is 0 Å². The topological polar surface area (TPSA) is 76.0 Å². The van der Waals surface area contributed by atoms with Crippen molar-refractivity contribution in [3.05, 3.63) is 30.1 Å². The summed E-state index contributed by atoms with van der Waals surface area (Å²) in [7, 11) is 0. The lowest BCUT2D eigenvalue weighted by atomic mass is 10.1. The van der Waals surface area contributed by atoms with Crippen LogP contribution < -0.4 is 10.6 Å². The van der Waals surface area contributed by atoms with Gasteiger partial charge in [-0.2, -0.15) is 0 Å². The Kier molecular flexibility index (Phi) is 5.73. The van der Waals surface area contributed by atoms with E-state index < -0.39 is 0 Å². The molecule has 0 aliphatic heterocycles. The number of hydrogen-bond acceptors (Lipinski definition) is 3. The number of nitrogens with zero attached hydrogens (tertiary/aromatic N) is 2. The average Bonchev–Trinajstić information content (AvgIpc) is 2.94. The van der Waals surface area contributed by atoms with Crippen LogP contribution in [0.15, 0.2) is 24.3 Å². The second-order valence-corrected chi connectivity index (χ2v) is 5.56. The van der Waals surface area contributed by atoms with Gasteiger partial charge in [0.25, 0.3) is 0 Å². The van der Waals surface area contributed by atoms with Crippen molar-refractivity contribution in [3.63, 3.8) is 0 Å². The van der Waals surface area contributed by atoms with Gasteiger partial charge in [-0.25, -0.2) is 4.98 Å². The smallest absolute Gasteiger partial charge is 0.239 e. The molecule has 6 heteroatoms. The maximum absolute atomic E-state index is 11.9. The number of fused-ring (bicyclic) bond motifs is 1. The van der Waals surface area contributed by atoms with E-state index in [9.17, 15) is 9.59 Å². The minimum Gasteiger partial charge on any atom is -0.347 e. The molecule has 124 valence electrons. The van der Waals surface area contributed by atoms with Gasteiger partial charge in [-0.3, -0.25) is 9.59 Å². The van der Waals surface area contributed by atoms with Crippen LogP contribution in [0.1, 0.15) is 33.0 Å². The van der Waals surface area contributed by atoms with Gasteiger partial charge in [0.15, 0.2) is 0 Å². The first-order valence-corrected chi connectivity index (χ1v) is 8.05. The Labute approximate surface area is 136 Å². The van der Waals surface area contributed by atoms with E-state index in [4.69, 9.17) is 0 Å². The minimum atomic E-state index is -0.212. The first-order chi connectivity index (χ1) is 11.1. The summed E-state index contributed by atoms with van der Waals surface area (Å²) in [6, 6.07) is 7.90. The minimum absolute atomic E-state index is 0.00444. The molecule has 0 fully saturated rings. The Bertz CT molecular complexity index is 693. The summed E-state index contributed by atoms with van der Waals surface area (Å²) >= 11 is 0. The first kappa shape index (κ1) is 17.0.